The molecule has 0 bridgehead atoms. The van der Waals surface area contributed by atoms with Crippen molar-refractivity contribution in [1.29, 1.82) is 0 Å². The Morgan fingerprint density at radius 3 is 2.27 bits per heavy atom. The van der Waals surface area contributed by atoms with Gasteiger partial charge in [-0.25, -0.2) is 5.01 Å². The lowest BCUT2D eigenvalue weighted by Crippen LogP contribution is -2.43. The first-order valence-corrected chi connectivity index (χ1v) is 7.26. The van der Waals surface area contributed by atoms with Gasteiger partial charge in [-0.15, -0.1) is 0 Å². The van der Waals surface area contributed by atoms with E-state index in [4.69, 9.17) is 0 Å². The second kappa shape index (κ2) is 5.57. The van der Waals surface area contributed by atoms with Gasteiger partial charge in [0.25, 0.3) is 0 Å². The molecule has 1 aliphatic heterocycles. The molecule has 122 valence electrons. The predicted octanol–water partition coefficient (Wildman–Crippen LogP) is 3.79. The van der Waals surface area contributed by atoms with Crippen molar-refractivity contribution in [3.8, 4) is 0 Å². The minimum absolute atomic E-state index is 0.0158. The molecule has 0 spiro atoms. The molecule has 22 heavy (non-hydrogen) atoms. The first-order chi connectivity index (χ1) is 10.0. The number of halogens is 3. The van der Waals surface area contributed by atoms with Gasteiger partial charge < -0.3 is 0 Å². The van der Waals surface area contributed by atoms with E-state index in [-0.39, 0.29) is 23.9 Å². The standard InChI is InChI=1S/C16H21F3N2O/c1-10(2)11-6-5-7-12(8-11)13(16(17,18)19)21-9-15(3,4)14(22)20-21/h5-8,10,13H,9H2,1-4H3,(H,20,22). The lowest BCUT2D eigenvalue weighted by molar-refractivity contribution is -0.191. The van der Waals surface area contributed by atoms with Crippen LogP contribution >= 0.6 is 0 Å². The van der Waals surface area contributed by atoms with Crippen LogP contribution < -0.4 is 5.43 Å². The van der Waals surface area contributed by atoms with E-state index in [2.05, 4.69) is 5.43 Å². The van der Waals surface area contributed by atoms with E-state index in [0.717, 1.165) is 10.6 Å². The summed E-state index contributed by atoms with van der Waals surface area (Å²) in [6, 6.07) is 4.64. The zero-order chi connectivity index (χ0) is 16.7. The van der Waals surface area contributed by atoms with Crippen molar-refractivity contribution < 1.29 is 18.0 Å². The highest BCUT2D eigenvalue weighted by atomic mass is 19.4. The maximum absolute atomic E-state index is 13.6. The van der Waals surface area contributed by atoms with E-state index in [0.29, 0.717) is 0 Å². The van der Waals surface area contributed by atoms with Gasteiger partial charge in [0.05, 0.1) is 5.41 Å². The Morgan fingerprint density at radius 1 is 1.23 bits per heavy atom. The van der Waals surface area contributed by atoms with Crippen molar-refractivity contribution in [3.05, 3.63) is 35.4 Å². The van der Waals surface area contributed by atoms with Crippen LogP contribution in [0.5, 0.6) is 0 Å². The van der Waals surface area contributed by atoms with Crippen LogP contribution in [0.3, 0.4) is 0 Å². The summed E-state index contributed by atoms with van der Waals surface area (Å²) in [4.78, 5) is 11.8. The van der Waals surface area contributed by atoms with Crippen molar-refractivity contribution in [2.24, 2.45) is 5.41 Å². The van der Waals surface area contributed by atoms with Crippen LogP contribution in [0.1, 0.15) is 50.8 Å². The first kappa shape index (κ1) is 16.8. The molecule has 1 aliphatic rings. The molecule has 1 amide bonds. The summed E-state index contributed by atoms with van der Waals surface area (Å²) in [7, 11) is 0. The fourth-order valence-electron chi connectivity index (χ4n) is 2.61. The van der Waals surface area contributed by atoms with Gasteiger partial charge in [0, 0.05) is 6.54 Å². The number of nitrogens with one attached hydrogen (secondary N) is 1. The number of hydrogen-bond acceptors (Lipinski definition) is 2. The lowest BCUT2D eigenvalue weighted by Gasteiger charge is -2.30. The second-order valence-electron chi connectivity index (χ2n) is 6.72. The first-order valence-electron chi connectivity index (χ1n) is 7.26. The summed E-state index contributed by atoms with van der Waals surface area (Å²) in [5.74, 6) is -0.250. The summed E-state index contributed by atoms with van der Waals surface area (Å²) >= 11 is 0. The van der Waals surface area contributed by atoms with Gasteiger partial charge in [0.1, 0.15) is 6.04 Å². The summed E-state index contributed by atoms with van der Waals surface area (Å²) in [5.41, 5.74) is 2.53. The van der Waals surface area contributed by atoms with Gasteiger partial charge in [0.2, 0.25) is 5.91 Å². The number of hydrazine groups is 1. The lowest BCUT2D eigenvalue weighted by atomic mass is 9.93. The van der Waals surface area contributed by atoms with E-state index in [1.807, 2.05) is 19.9 Å². The minimum atomic E-state index is -4.47. The highest BCUT2D eigenvalue weighted by Gasteiger charge is 2.51. The maximum atomic E-state index is 13.6. The minimum Gasteiger partial charge on any atom is -0.287 e. The van der Waals surface area contributed by atoms with E-state index in [9.17, 15) is 18.0 Å². The molecular weight excluding hydrogens is 293 g/mol. The molecule has 1 unspecified atom stereocenters. The zero-order valence-corrected chi connectivity index (χ0v) is 13.2. The SMILES string of the molecule is CC(C)c1cccc(C(N2CC(C)(C)C(=O)N2)C(F)(F)F)c1. The second-order valence-corrected chi connectivity index (χ2v) is 6.72. The number of rotatable bonds is 3. The fraction of sp³-hybridized carbons (Fsp3) is 0.562. The van der Waals surface area contributed by atoms with Gasteiger partial charge in [-0.3, -0.25) is 10.2 Å². The topological polar surface area (TPSA) is 32.3 Å². The Balaban J connectivity index is 2.41. The number of benzene rings is 1. The Kier molecular flexibility index (Phi) is 4.26. The highest BCUT2D eigenvalue weighted by molar-refractivity contribution is 5.83. The van der Waals surface area contributed by atoms with Crippen molar-refractivity contribution >= 4 is 5.91 Å². The average Bonchev–Trinajstić information content (AvgIpc) is 2.61. The molecule has 1 N–H and O–H groups in total. The van der Waals surface area contributed by atoms with Gasteiger partial charge in [0.15, 0.2) is 0 Å². The van der Waals surface area contributed by atoms with Crippen LogP contribution in [0.25, 0.3) is 0 Å². The summed E-state index contributed by atoms with van der Waals surface area (Å²) in [6.45, 7) is 7.16. The molecule has 1 heterocycles. The molecule has 1 aromatic rings. The number of alkyl halides is 3. The summed E-state index contributed by atoms with van der Waals surface area (Å²) < 4.78 is 40.7. The van der Waals surface area contributed by atoms with Crippen molar-refractivity contribution in [1.82, 2.24) is 10.4 Å². The summed E-state index contributed by atoms with van der Waals surface area (Å²) in [5, 5.41) is 1.00. The Bertz CT molecular complexity index is 567. The quantitative estimate of drug-likeness (QED) is 0.920. The van der Waals surface area contributed by atoms with Crippen LogP contribution in [-0.2, 0) is 4.79 Å². The zero-order valence-electron chi connectivity index (χ0n) is 13.2. The largest absolute Gasteiger partial charge is 0.409 e. The van der Waals surface area contributed by atoms with Crippen LogP contribution in [0, 0.1) is 5.41 Å². The number of carbonyl (C=O) groups is 1. The molecule has 1 fully saturated rings. The monoisotopic (exact) mass is 314 g/mol. The molecule has 0 saturated carbocycles. The van der Waals surface area contributed by atoms with Gasteiger partial charge >= 0.3 is 6.18 Å². The van der Waals surface area contributed by atoms with E-state index >= 15 is 0 Å². The molecule has 1 atom stereocenters. The molecule has 0 radical (unpaired) electrons. The Hall–Kier alpha value is -1.56. The molecule has 0 aromatic heterocycles. The van der Waals surface area contributed by atoms with E-state index < -0.39 is 17.6 Å². The predicted molar refractivity (Wildman–Crippen MR) is 78.0 cm³/mol. The van der Waals surface area contributed by atoms with Crippen LogP contribution in [-0.4, -0.2) is 23.6 Å². The Labute approximate surface area is 128 Å². The number of nitrogens with zero attached hydrogens (tertiary/aromatic N) is 1. The molecule has 6 heteroatoms. The van der Waals surface area contributed by atoms with Gasteiger partial charge in [-0.1, -0.05) is 38.1 Å². The normalized spacial score (nSPS) is 20.3. The van der Waals surface area contributed by atoms with Crippen LogP contribution in [0.4, 0.5) is 13.2 Å². The third-order valence-corrected chi connectivity index (χ3v) is 3.94. The highest BCUT2D eigenvalue weighted by Crippen LogP contribution is 2.40. The third kappa shape index (κ3) is 3.27. The fourth-order valence-corrected chi connectivity index (χ4v) is 2.61. The van der Waals surface area contributed by atoms with Crippen LogP contribution in [0.15, 0.2) is 24.3 Å². The molecule has 3 nitrogen and oxygen atoms in total. The molecule has 0 aliphatic carbocycles. The van der Waals surface area contributed by atoms with Crippen molar-refractivity contribution in [2.45, 2.75) is 45.8 Å². The smallest absolute Gasteiger partial charge is 0.287 e. The molecule has 1 aromatic carbocycles. The van der Waals surface area contributed by atoms with Gasteiger partial charge in [-0.05, 0) is 30.9 Å². The average molecular weight is 314 g/mol. The number of amides is 1. The number of carbonyl (C=O) groups excluding carboxylic acids is 1. The molecular formula is C16H21F3N2O. The Morgan fingerprint density at radius 2 is 1.82 bits per heavy atom. The van der Waals surface area contributed by atoms with Crippen LogP contribution in [0.2, 0.25) is 0 Å². The maximum Gasteiger partial charge on any atom is 0.409 e. The van der Waals surface area contributed by atoms with E-state index in [1.54, 1.807) is 26.0 Å². The number of hydrogen-bond donors (Lipinski definition) is 1. The van der Waals surface area contributed by atoms with Crippen molar-refractivity contribution in [3.63, 3.8) is 0 Å². The summed E-state index contributed by atoms with van der Waals surface area (Å²) in [6.07, 6.45) is -4.47. The molecule has 1 saturated heterocycles. The third-order valence-electron chi connectivity index (χ3n) is 3.94. The van der Waals surface area contributed by atoms with E-state index in [1.165, 1.54) is 6.07 Å². The van der Waals surface area contributed by atoms with Crippen molar-refractivity contribution in [2.75, 3.05) is 6.54 Å². The molecule has 2 rings (SSSR count). The van der Waals surface area contributed by atoms with Gasteiger partial charge in [-0.2, -0.15) is 13.2 Å².